The molecule has 0 radical (unpaired) electrons. The smallest absolute Gasteiger partial charge is 0.349 e. The van der Waals surface area contributed by atoms with Gasteiger partial charge in [0.25, 0.3) is 11.8 Å². The van der Waals surface area contributed by atoms with Crippen molar-refractivity contribution in [2.45, 2.75) is 44.1 Å². The molecule has 0 heterocycles. The van der Waals surface area contributed by atoms with Gasteiger partial charge in [-0.1, -0.05) is 53.0 Å². The zero-order valence-corrected chi connectivity index (χ0v) is 22.7. The summed E-state index contributed by atoms with van der Waals surface area (Å²) in [5, 5.41) is 2.02. The van der Waals surface area contributed by atoms with Crippen LogP contribution >= 0.6 is 46.6 Å². The molecule has 2 atom stereocenters. The Bertz CT molecular complexity index is 1160. The van der Waals surface area contributed by atoms with E-state index in [9.17, 15) is 39.9 Å². The number of thioether (sulfide) groups is 1. The lowest BCUT2D eigenvalue weighted by atomic mass is 9.92. The summed E-state index contributed by atoms with van der Waals surface area (Å²) in [6, 6.07) is 4.08. The number of halogens is 11. The molecule has 210 valence electrons. The Morgan fingerprint density at radius 1 is 1.00 bits per heavy atom. The molecule has 2 aromatic rings. The third-order valence-corrected chi connectivity index (χ3v) is 7.46. The van der Waals surface area contributed by atoms with Crippen LogP contribution in [-0.2, 0) is 6.18 Å². The summed E-state index contributed by atoms with van der Waals surface area (Å²) in [7, 11) is 0. The van der Waals surface area contributed by atoms with Gasteiger partial charge in [-0.25, -0.2) is 8.78 Å². The number of alkyl halides is 8. The lowest BCUT2D eigenvalue weighted by Crippen LogP contribution is -2.35. The summed E-state index contributed by atoms with van der Waals surface area (Å²) in [5.41, 5.74) is -2.28. The van der Waals surface area contributed by atoms with Gasteiger partial charge in [0.2, 0.25) is 0 Å². The van der Waals surface area contributed by atoms with Gasteiger partial charge in [0.1, 0.15) is 0 Å². The molecule has 1 N–H and O–H groups in total. The third-order valence-electron chi connectivity index (χ3n) is 5.00. The van der Waals surface area contributed by atoms with E-state index < -0.39 is 53.0 Å². The maximum Gasteiger partial charge on any atom is 0.417 e. The van der Waals surface area contributed by atoms with Crippen LogP contribution in [-0.4, -0.2) is 35.6 Å². The van der Waals surface area contributed by atoms with E-state index in [0.717, 1.165) is 24.3 Å². The van der Waals surface area contributed by atoms with Crippen molar-refractivity contribution in [2.24, 2.45) is 0 Å². The van der Waals surface area contributed by atoms with Crippen LogP contribution in [0.1, 0.15) is 46.8 Å². The van der Waals surface area contributed by atoms with Crippen LogP contribution in [0.25, 0.3) is 6.08 Å². The van der Waals surface area contributed by atoms with Crippen LogP contribution < -0.4 is 5.32 Å². The molecular formula is C24H20Cl3F8NOS. The van der Waals surface area contributed by atoms with Crippen molar-refractivity contribution in [3.8, 4) is 0 Å². The van der Waals surface area contributed by atoms with Crippen molar-refractivity contribution in [1.82, 2.24) is 5.32 Å². The Hall–Kier alpha value is -1.69. The molecule has 0 saturated heterocycles. The fourth-order valence-corrected chi connectivity index (χ4v) is 4.73. The van der Waals surface area contributed by atoms with E-state index in [1.54, 1.807) is 0 Å². The van der Waals surface area contributed by atoms with Crippen LogP contribution in [0.5, 0.6) is 0 Å². The van der Waals surface area contributed by atoms with Crippen molar-refractivity contribution in [1.29, 1.82) is 0 Å². The third kappa shape index (κ3) is 9.50. The summed E-state index contributed by atoms with van der Waals surface area (Å²) in [6.45, 7) is 1.97. The van der Waals surface area contributed by atoms with Crippen LogP contribution in [0.2, 0.25) is 15.1 Å². The van der Waals surface area contributed by atoms with Gasteiger partial charge in [-0.15, -0.1) is 0 Å². The first kappa shape index (κ1) is 32.5. The van der Waals surface area contributed by atoms with Crippen molar-refractivity contribution < 1.29 is 39.9 Å². The molecule has 0 aliphatic rings. The molecule has 2 nitrogen and oxygen atoms in total. The lowest BCUT2D eigenvalue weighted by Gasteiger charge is -2.22. The molecule has 0 saturated carbocycles. The Balaban J connectivity index is 2.34. The van der Waals surface area contributed by atoms with Crippen molar-refractivity contribution in [3.63, 3.8) is 0 Å². The second-order valence-corrected chi connectivity index (χ2v) is 10.6. The zero-order chi connectivity index (χ0) is 29.1. The molecule has 1 amide bonds. The Morgan fingerprint density at radius 3 is 2.08 bits per heavy atom. The van der Waals surface area contributed by atoms with Gasteiger partial charge >= 0.3 is 12.4 Å². The topological polar surface area (TPSA) is 29.1 Å². The number of carbonyl (C=O) groups is 1. The monoisotopic (exact) mass is 627 g/mol. The molecule has 0 aliphatic carbocycles. The second kappa shape index (κ2) is 12.7. The maximum absolute atomic E-state index is 14.4. The second-order valence-electron chi connectivity index (χ2n) is 8.40. The van der Waals surface area contributed by atoms with E-state index in [1.165, 1.54) is 19.1 Å². The Labute approximate surface area is 232 Å². The zero-order valence-electron chi connectivity index (χ0n) is 19.6. The molecule has 0 aliphatic heterocycles. The largest absolute Gasteiger partial charge is 0.417 e. The van der Waals surface area contributed by atoms with Gasteiger partial charge in [0.15, 0.2) is 0 Å². The van der Waals surface area contributed by atoms with E-state index in [2.05, 4.69) is 5.32 Å². The summed E-state index contributed by atoms with van der Waals surface area (Å²) < 4.78 is 107. The molecule has 14 heteroatoms. The Morgan fingerprint density at radius 2 is 1.58 bits per heavy atom. The molecule has 1 unspecified atom stereocenters. The van der Waals surface area contributed by atoms with E-state index in [0.29, 0.717) is 24.8 Å². The number of amides is 1. The number of hydrogen-bond donors (Lipinski definition) is 1. The van der Waals surface area contributed by atoms with Crippen molar-refractivity contribution >= 4 is 58.5 Å². The normalized spacial score (nSPS) is 14.6. The average molecular weight is 629 g/mol. The van der Waals surface area contributed by atoms with E-state index >= 15 is 0 Å². The van der Waals surface area contributed by atoms with Crippen LogP contribution in [0.15, 0.2) is 36.4 Å². The minimum Gasteiger partial charge on any atom is -0.349 e. The fraction of sp³-hybridized carbons (Fsp3) is 0.375. The highest BCUT2D eigenvalue weighted by Crippen LogP contribution is 2.40. The predicted molar refractivity (Wildman–Crippen MR) is 136 cm³/mol. The number of carbonyl (C=O) groups excluding carboxylic acids is 1. The highest BCUT2D eigenvalue weighted by Gasteiger charge is 2.37. The SMILES string of the molecule is C[C@H](CSCC(F)(F)F)NC(=O)c1ccc(/C=C/C(c2cc(Cl)c(Cl)c(Cl)c2)C(C)(F)F)cc1C(F)(F)F. The van der Waals surface area contributed by atoms with Crippen LogP contribution in [0.4, 0.5) is 35.1 Å². The minimum atomic E-state index is -4.99. The predicted octanol–water partition coefficient (Wildman–Crippen LogP) is 9.53. The molecular weight excluding hydrogens is 609 g/mol. The van der Waals surface area contributed by atoms with E-state index in [-0.39, 0.29) is 31.9 Å². The summed E-state index contributed by atoms with van der Waals surface area (Å²) >= 11 is 18.2. The molecule has 0 fully saturated rings. The van der Waals surface area contributed by atoms with Gasteiger partial charge < -0.3 is 5.32 Å². The van der Waals surface area contributed by atoms with Gasteiger partial charge in [0, 0.05) is 18.7 Å². The first-order chi connectivity index (χ1) is 17.3. The Kier molecular flexibility index (Phi) is 10.8. The van der Waals surface area contributed by atoms with E-state index in [4.69, 9.17) is 34.8 Å². The highest BCUT2D eigenvalue weighted by molar-refractivity contribution is 7.99. The van der Waals surface area contributed by atoms with Crippen LogP contribution in [0, 0.1) is 0 Å². The number of rotatable bonds is 9. The van der Waals surface area contributed by atoms with Gasteiger partial charge in [-0.05, 0) is 42.3 Å². The number of benzene rings is 2. The van der Waals surface area contributed by atoms with Gasteiger partial charge in [-0.2, -0.15) is 38.1 Å². The molecule has 2 aromatic carbocycles. The fourth-order valence-electron chi connectivity index (χ4n) is 3.33. The lowest BCUT2D eigenvalue weighted by molar-refractivity contribution is -0.138. The molecule has 2 rings (SSSR count). The number of allylic oxidation sites excluding steroid dienone is 1. The quantitative estimate of drug-likeness (QED) is 0.221. The molecule has 0 spiro atoms. The highest BCUT2D eigenvalue weighted by atomic mass is 35.5. The number of nitrogens with one attached hydrogen (secondary N) is 1. The average Bonchev–Trinajstić information content (AvgIpc) is 2.74. The minimum absolute atomic E-state index is 0.0300. The van der Waals surface area contributed by atoms with Crippen LogP contribution in [0.3, 0.4) is 0 Å². The van der Waals surface area contributed by atoms with Crippen molar-refractivity contribution in [2.75, 3.05) is 11.5 Å². The summed E-state index contributed by atoms with van der Waals surface area (Å²) in [6.07, 6.45) is -7.40. The van der Waals surface area contributed by atoms with Gasteiger partial charge in [-0.3, -0.25) is 4.79 Å². The standard InChI is InChI=1S/C24H20Cl3F8NOS/c1-12(10-38-11-23(30,31)32)36-21(37)15-5-3-13(7-17(15)24(33,34)35)4-6-16(22(2,28)29)14-8-18(25)20(27)19(26)9-14/h3-9,12,16H,10-11H2,1-2H3,(H,36,37)/b6-4+/t12-,16?/m1/s1. The number of hydrogen-bond acceptors (Lipinski definition) is 2. The summed E-state index contributed by atoms with van der Waals surface area (Å²) in [5.74, 6) is -7.50. The first-order valence-corrected chi connectivity index (χ1v) is 13.0. The molecule has 38 heavy (non-hydrogen) atoms. The molecule has 0 bridgehead atoms. The van der Waals surface area contributed by atoms with Crippen molar-refractivity contribution in [3.05, 3.63) is 73.7 Å². The van der Waals surface area contributed by atoms with Gasteiger partial charge in [0.05, 0.1) is 37.9 Å². The maximum atomic E-state index is 14.4. The van der Waals surface area contributed by atoms with E-state index in [1.807, 2.05) is 0 Å². The summed E-state index contributed by atoms with van der Waals surface area (Å²) in [4.78, 5) is 12.5. The molecule has 0 aromatic heterocycles. The first-order valence-electron chi connectivity index (χ1n) is 10.7.